The maximum absolute atomic E-state index is 12.1. The summed E-state index contributed by atoms with van der Waals surface area (Å²) in [6.45, 7) is 1.57. The second-order valence-electron chi connectivity index (χ2n) is 6.00. The van der Waals surface area contributed by atoms with Crippen molar-refractivity contribution in [2.24, 2.45) is 5.10 Å². The van der Waals surface area contributed by atoms with E-state index in [4.69, 9.17) is 4.74 Å². The molecule has 0 unspecified atom stereocenters. The van der Waals surface area contributed by atoms with Crippen LogP contribution >= 0.6 is 0 Å². The van der Waals surface area contributed by atoms with Gasteiger partial charge in [-0.1, -0.05) is 30.3 Å². The third-order valence-electron chi connectivity index (χ3n) is 4.00. The number of hydrogen-bond donors (Lipinski definition) is 2. The average molecular weight is 379 g/mol. The third-order valence-corrected chi connectivity index (χ3v) is 4.00. The Kier molecular flexibility index (Phi) is 5.50. The minimum absolute atomic E-state index is 0.109. The van der Waals surface area contributed by atoms with Gasteiger partial charge < -0.3 is 9.84 Å². The van der Waals surface area contributed by atoms with Gasteiger partial charge in [-0.05, 0) is 35.9 Å². The number of carbonyl (C=O) groups excluding carboxylic acids is 1. The molecule has 3 rings (SSSR count). The zero-order valence-electron chi connectivity index (χ0n) is 14.9. The molecule has 0 fully saturated rings. The molecule has 8 heteroatoms. The lowest BCUT2D eigenvalue weighted by Gasteiger charge is -2.13. The van der Waals surface area contributed by atoms with E-state index in [-0.39, 0.29) is 17.0 Å². The van der Waals surface area contributed by atoms with E-state index in [0.717, 1.165) is 23.1 Å². The molecule has 0 aliphatic carbocycles. The van der Waals surface area contributed by atoms with Gasteiger partial charge in [0.2, 0.25) is 0 Å². The van der Waals surface area contributed by atoms with E-state index in [1.54, 1.807) is 13.0 Å². The zero-order valence-corrected chi connectivity index (χ0v) is 14.9. The van der Waals surface area contributed by atoms with Gasteiger partial charge in [-0.2, -0.15) is 5.10 Å². The van der Waals surface area contributed by atoms with Gasteiger partial charge in [0.15, 0.2) is 6.10 Å². The number of nitrogens with zero attached hydrogens (tertiary/aromatic N) is 2. The number of carbonyl (C=O) groups is 1. The molecule has 1 amide bonds. The predicted molar refractivity (Wildman–Crippen MR) is 105 cm³/mol. The van der Waals surface area contributed by atoms with Crippen molar-refractivity contribution in [3.8, 4) is 11.5 Å². The van der Waals surface area contributed by atoms with Crippen molar-refractivity contribution in [2.75, 3.05) is 0 Å². The normalized spacial score (nSPS) is 12.0. The second-order valence-corrected chi connectivity index (χ2v) is 6.00. The number of nitro benzene ring substituents is 1. The van der Waals surface area contributed by atoms with Gasteiger partial charge in [0.25, 0.3) is 11.6 Å². The van der Waals surface area contributed by atoms with Crippen molar-refractivity contribution >= 4 is 28.6 Å². The molecular formula is C20H17N3O5. The number of phenolic OH excluding ortho intramolecular Hbond substituents is 1. The largest absolute Gasteiger partial charge is 0.507 e. The van der Waals surface area contributed by atoms with Crippen molar-refractivity contribution in [1.82, 2.24) is 5.43 Å². The van der Waals surface area contributed by atoms with Crippen molar-refractivity contribution in [2.45, 2.75) is 13.0 Å². The van der Waals surface area contributed by atoms with Crippen LogP contribution < -0.4 is 10.2 Å². The van der Waals surface area contributed by atoms with E-state index in [0.29, 0.717) is 5.75 Å². The molecule has 0 bridgehead atoms. The fourth-order valence-electron chi connectivity index (χ4n) is 2.51. The Hall–Kier alpha value is -3.94. The Morgan fingerprint density at radius 2 is 1.93 bits per heavy atom. The molecular weight excluding hydrogens is 362 g/mol. The summed E-state index contributed by atoms with van der Waals surface area (Å²) < 4.78 is 5.64. The van der Waals surface area contributed by atoms with Crippen LogP contribution in [0, 0.1) is 10.1 Å². The Balaban J connectivity index is 1.63. The summed E-state index contributed by atoms with van der Waals surface area (Å²) in [7, 11) is 0. The monoisotopic (exact) mass is 379 g/mol. The molecule has 0 saturated carbocycles. The quantitative estimate of drug-likeness (QED) is 0.387. The van der Waals surface area contributed by atoms with Gasteiger partial charge in [0.05, 0.1) is 11.1 Å². The van der Waals surface area contributed by atoms with Crippen LogP contribution in [0.1, 0.15) is 12.5 Å². The van der Waals surface area contributed by atoms with E-state index >= 15 is 0 Å². The summed E-state index contributed by atoms with van der Waals surface area (Å²) in [6, 6.07) is 16.8. The van der Waals surface area contributed by atoms with Crippen molar-refractivity contribution in [3.63, 3.8) is 0 Å². The van der Waals surface area contributed by atoms with Gasteiger partial charge in [0.1, 0.15) is 11.5 Å². The first kappa shape index (κ1) is 18.8. The van der Waals surface area contributed by atoms with E-state index in [2.05, 4.69) is 10.5 Å². The molecule has 142 valence electrons. The number of rotatable bonds is 6. The van der Waals surface area contributed by atoms with E-state index in [1.807, 2.05) is 36.4 Å². The fourth-order valence-corrected chi connectivity index (χ4v) is 2.51. The SMILES string of the molecule is C[C@@H](Oc1ccc2ccccc2c1)C(=O)N/N=C/c1cc([N+](=O)[O-])ccc1O. The Morgan fingerprint density at radius 3 is 2.68 bits per heavy atom. The lowest BCUT2D eigenvalue weighted by Crippen LogP contribution is -2.33. The number of hydrogen-bond acceptors (Lipinski definition) is 6. The van der Waals surface area contributed by atoms with Crippen LogP contribution in [0.2, 0.25) is 0 Å². The number of hydrazone groups is 1. The predicted octanol–water partition coefficient (Wildman–Crippen LogP) is 3.37. The summed E-state index contributed by atoms with van der Waals surface area (Å²) in [6.07, 6.45) is 0.306. The molecule has 3 aromatic rings. The number of phenols is 1. The van der Waals surface area contributed by atoms with Crippen LogP contribution in [0.15, 0.2) is 65.8 Å². The van der Waals surface area contributed by atoms with E-state index in [1.165, 1.54) is 12.1 Å². The molecule has 28 heavy (non-hydrogen) atoms. The molecule has 0 heterocycles. The highest BCUT2D eigenvalue weighted by Gasteiger charge is 2.14. The third kappa shape index (κ3) is 4.42. The van der Waals surface area contributed by atoms with Crippen molar-refractivity contribution in [1.29, 1.82) is 0 Å². The van der Waals surface area contributed by atoms with Crippen LogP contribution in [-0.4, -0.2) is 28.3 Å². The summed E-state index contributed by atoms with van der Waals surface area (Å²) in [5.74, 6) is -0.153. The number of non-ortho nitro benzene ring substituents is 1. The lowest BCUT2D eigenvalue weighted by atomic mass is 10.1. The molecule has 0 aromatic heterocycles. The molecule has 8 nitrogen and oxygen atoms in total. The highest BCUT2D eigenvalue weighted by molar-refractivity contribution is 5.87. The number of ether oxygens (including phenoxy) is 1. The van der Waals surface area contributed by atoms with Gasteiger partial charge >= 0.3 is 0 Å². The van der Waals surface area contributed by atoms with Crippen LogP contribution in [-0.2, 0) is 4.79 Å². The van der Waals surface area contributed by atoms with Gasteiger partial charge in [0, 0.05) is 17.7 Å². The number of aromatic hydroxyl groups is 1. The first-order valence-corrected chi connectivity index (χ1v) is 8.40. The Morgan fingerprint density at radius 1 is 1.18 bits per heavy atom. The summed E-state index contributed by atoms with van der Waals surface area (Å²) in [4.78, 5) is 22.3. The van der Waals surface area contributed by atoms with Gasteiger partial charge in [-0.3, -0.25) is 14.9 Å². The van der Waals surface area contributed by atoms with Crippen LogP contribution in [0.25, 0.3) is 10.8 Å². The van der Waals surface area contributed by atoms with Gasteiger partial charge in [-0.25, -0.2) is 5.43 Å². The minimum Gasteiger partial charge on any atom is -0.507 e. The average Bonchev–Trinajstić information content (AvgIpc) is 2.69. The van der Waals surface area contributed by atoms with Gasteiger partial charge in [-0.15, -0.1) is 0 Å². The molecule has 0 saturated heterocycles. The Labute approximate surface area is 160 Å². The standard InChI is InChI=1S/C20H17N3O5/c1-13(28-18-8-6-14-4-2-3-5-15(14)11-18)20(25)22-21-12-16-10-17(23(26)27)7-9-19(16)24/h2-13,24H,1H3,(H,22,25)/b21-12+/t13-/m1/s1. The van der Waals surface area contributed by atoms with E-state index < -0.39 is 16.9 Å². The van der Waals surface area contributed by atoms with Crippen LogP contribution in [0.3, 0.4) is 0 Å². The van der Waals surface area contributed by atoms with E-state index in [9.17, 15) is 20.0 Å². The van der Waals surface area contributed by atoms with Crippen LogP contribution in [0.4, 0.5) is 5.69 Å². The van der Waals surface area contributed by atoms with Crippen molar-refractivity contribution < 1.29 is 19.6 Å². The van der Waals surface area contributed by atoms with Crippen LogP contribution in [0.5, 0.6) is 11.5 Å². The smallest absolute Gasteiger partial charge is 0.280 e. The number of amides is 1. The Bertz CT molecular complexity index is 1060. The second kappa shape index (κ2) is 8.17. The first-order valence-electron chi connectivity index (χ1n) is 8.40. The maximum Gasteiger partial charge on any atom is 0.280 e. The topological polar surface area (TPSA) is 114 Å². The molecule has 0 aliphatic heterocycles. The summed E-state index contributed by atoms with van der Waals surface area (Å²) in [5.41, 5.74) is 2.20. The highest BCUT2D eigenvalue weighted by atomic mass is 16.6. The molecule has 0 aliphatic rings. The zero-order chi connectivity index (χ0) is 20.1. The minimum atomic E-state index is -0.822. The molecule has 3 aromatic carbocycles. The maximum atomic E-state index is 12.1. The number of benzene rings is 3. The molecule has 0 radical (unpaired) electrons. The highest BCUT2D eigenvalue weighted by Crippen LogP contribution is 2.22. The van der Waals surface area contributed by atoms with Crippen molar-refractivity contribution in [3.05, 3.63) is 76.3 Å². The first-order chi connectivity index (χ1) is 13.4. The number of nitrogens with one attached hydrogen (secondary N) is 1. The number of nitro groups is 1. The summed E-state index contributed by atoms with van der Waals surface area (Å²) >= 11 is 0. The lowest BCUT2D eigenvalue weighted by molar-refractivity contribution is -0.384. The molecule has 0 spiro atoms. The number of fused-ring (bicyclic) bond motifs is 1. The summed E-state index contributed by atoms with van der Waals surface area (Å²) in [5, 5.41) is 26.3. The fraction of sp³-hybridized carbons (Fsp3) is 0.100. The molecule has 1 atom stereocenters. The molecule has 2 N–H and O–H groups in total.